The summed E-state index contributed by atoms with van der Waals surface area (Å²) in [6.45, 7) is 10.8. The molecule has 6 heteroatoms. The molecule has 0 aromatic heterocycles. The number of carbonyl (C=O) groups is 2. The molecule has 6 nitrogen and oxygen atoms in total. The van der Waals surface area contributed by atoms with Crippen LogP contribution in [0, 0.1) is 0 Å². The lowest BCUT2D eigenvalue weighted by molar-refractivity contribution is -0.122. The highest BCUT2D eigenvalue weighted by atomic mass is 16.3. The Bertz CT molecular complexity index is 410. The number of aliphatic hydroxyl groups is 1. The summed E-state index contributed by atoms with van der Waals surface area (Å²) in [5.74, 6) is 0.242. The molecule has 0 rings (SSSR count). The van der Waals surface area contributed by atoms with Crippen molar-refractivity contribution in [3.05, 3.63) is 0 Å². The van der Waals surface area contributed by atoms with Crippen LogP contribution in [0.15, 0.2) is 0 Å². The number of unbranched alkanes of at least 4 members (excludes halogenated alkanes) is 8. The van der Waals surface area contributed by atoms with Crippen LogP contribution in [0.1, 0.15) is 111 Å². The lowest BCUT2D eigenvalue weighted by atomic mass is 10.1. The van der Waals surface area contributed by atoms with Crippen LogP contribution in [0.5, 0.6) is 0 Å². The summed E-state index contributed by atoms with van der Waals surface area (Å²) >= 11 is 0. The Kier molecular flexibility index (Phi) is 20.0. The third-order valence-corrected chi connectivity index (χ3v) is 5.53. The van der Waals surface area contributed by atoms with E-state index in [1.807, 2.05) is 13.8 Å². The zero-order chi connectivity index (χ0) is 23.3. The van der Waals surface area contributed by atoms with Crippen LogP contribution >= 0.6 is 0 Å². The van der Waals surface area contributed by atoms with Gasteiger partial charge in [0.15, 0.2) is 0 Å². The topological polar surface area (TPSA) is 81.7 Å². The van der Waals surface area contributed by atoms with Gasteiger partial charge >= 0.3 is 0 Å². The van der Waals surface area contributed by atoms with E-state index in [4.69, 9.17) is 0 Å². The Morgan fingerprint density at radius 2 is 1.13 bits per heavy atom. The van der Waals surface area contributed by atoms with Crippen LogP contribution in [0.3, 0.4) is 0 Å². The Balaban J connectivity index is 4.26. The largest absolute Gasteiger partial charge is 0.396 e. The predicted molar refractivity (Wildman–Crippen MR) is 130 cm³/mol. The van der Waals surface area contributed by atoms with Crippen molar-refractivity contribution in [3.8, 4) is 0 Å². The first-order valence-electron chi connectivity index (χ1n) is 12.8. The van der Waals surface area contributed by atoms with E-state index in [0.29, 0.717) is 19.3 Å². The average molecular weight is 442 g/mol. The minimum Gasteiger partial charge on any atom is -0.396 e. The fourth-order valence-electron chi connectivity index (χ4n) is 3.89. The summed E-state index contributed by atoms with van der Waals surface area (Å²) in [4.78, 5) is 26.6. The summed E-state index contributed by atoms with van der Waals surface area (Å²) in [5.41, 5.74) is 0. The number of hydrogen-bond donors (Lipinski definition) is 3. The van der Waals surface area contributed by atoms with Gasteiger partial charge in [0, 0.05) is 51.2 Å². The zero-order valence-electron chi connectivity index (χ0n) is 20.9. The Hall–Kier alpha value is -1.14. The van der Waals surface area contributed by atoms with E-state index >= 15 is 0 Å². The van der Waals surface area contributed by atoms with Crippen molar-refractivity contribution in [1.29, 1.82) is 0 Å². The molecule has 0 saturated heterocycles. The third kappa shape index (κ3) is 19.3. The quantitative estimate of drug-likeness (QED) is 0.231. The normalized spacial score (nSPS) is 13.2. The van der Waals surface area contributed by atoms with Gasteiger partial charge in [0.05, 0.1) is 0 Å². The van der Waals surface area contributed by atoms with E-state index in [1.54, 1.807) is 0 Å². The molecule has 0 aliphatic carbocycles. The number of nitrogens with one attached hydrogen (secondary N) is 2. The molecule has 2 atom stereocenters. The minimum absolute atomic E-state index is 0.0447. The molecule has 0 heterocycles. The van der Waals surface area contributed by atoms with E-state index in [2.05, 4.69) is 29.4 Å². The van der Waals surface area contributed by atoms with Crippen molar-refractivity contribution in [1.82, 2.24) is 15.5 Å². The number of aliphatic hydroxyl groups excluding tert-OH is 1. The van der Waals surface area contributed by atoms with Gasteiger partial charge in [-0.2, -0.15) is 0 Å². The molecule has 0 bridgehead atoms. The molecule has 0 aromatic rings. The lowest BCUT2D eigenvalue weighted by Crippen LogP contribution is -2.47. The van der Waals surface area contributed by atoms with Gasteiger partial charge in [-0.15, -0.1) is 0 Å². The van der Waals surface area contributed by atoms with Gasteiger partial charge in [-0.1, -0.05) is 65.2 Å². The molecule has 2 unspecified atom stereocenters. The highest BCUT2D eigenvalue weighted by molar-refractivity contribution is 5.76. The van der Waals surface area contributed by atoms with Crippen LogP contribution in [-0.2, 0) is 9.59 Å². The zero-order valence-corrected chi connectivity index (χ0v) is 20.9. The van der Waals surface area contributed by atoms with E-state index in [1.165, 1.54) is 38.5 Å². The summed E-state index contributed by atoms with van der Waals surface area (Å²) < 4.78 is 0. The van der Waals surface area contributed by atoms with Crippen molar-refractivity contribution in [2.75, 3.05) is 26.2 Å². The molecule has 2 amide bonds. The van der Waals surface area contributed by atoms with Gasteiger partial charge in [0.2, 0.25) is 11.8 Å². The second-order valence-corrected chi connectivity index (χ2v) is 9.10. The van der Waals surface area contributed by atoms with E-state index in [0.717, 1.165) is 45.3 Å². The van der Waals surface area contributed by atoms with Gasteiger partial charge < -0.3 is 15.7 Å². The summed E-state index contributed by atoms with van der Waals surface area (Å²) in [7, 11) is 0. The van der Waals surface area contributed by atoms with E-state index in [9.17, 15) is 14.7 Å². The summed E-state index contributed by atoms with van der Waals surface area (Å²) in [5, 5.41) is 15.4. The Morgan fingerprint density at radius 3 is 1.52 bits per heavy atom. The predicted octanol–water partition coefficient (Wildman–Crippen LogP) is 4.40. The van der Waals surface area contributed by atoms with E-state index < -0.39 is 0 Å². The van der Waals surface area contributed by atoms with Crippen LogP contribution in [0.4, 0.5) is 0 Å². The molecule has 0 aliphatic rings. The molecule has 0 spiro atoms. The standard InChI is InChI=1S/C25H51N3O3/c1-5-7-9-11-13-16-24(30)26-22(3)20-28(18-15-19-29)21-23(4)27-25(31)17-14-12-10-8-6-2/h22-23,29H,5-21H2,1-4H3,(H,26,30)(H,27,31). The first kappa shape index (κ1) is 29.9. The fraction of sp³-hybridized carbons (Fsp3) is 0.920. The monoisotopic (exact) mass is 441 g/mol. The van der Waals surface area contributed by atoms with Gasteiger partial charge in [-0.25, -0.2) is 0 Å². The number of hydrogen-bond acceptors (Lipinski definition) is 4. The summed E-state index contributed by atoms with van der Waals surface area (Å²) in [6, 6.07) is 0.0894. The van der Waals surface area contributed by atoms with Crippen LogP contribution in [-0.4, -0.2) is 60.1 Å². The third-order valence-electron chi connectivity index (χ3n) is 5.53. The molecule has 3 N–H and O–H groups in total. The van der Waals surface area contributed by atoms with Crippen molar-refractivity contribution < 1.29 is 14.7 Å². The lowest BCUT2D eigenvalue weighted by Gasteiger charge is -2.29. The maximum atomic E-state index is 12.2. The number of carbonyl (C=O) groups excluding carboxylic acids is 2. The minimum atomic E-state index is 0.0447. The highest BCUT2D eigenvalue weighted by Crippen LogP contribution is 2.07. The first-order chi connectivity index (χ1) is 14.9. The van der Waals surface area contributed by atoms with E-state index in [-0.39, 0.29) is 30.5 Å². The van der Waals surface area contributed by atoms with Gasteiger partial charge in [0.25, 0.3) is 0 Å². The van der Waals surface area contributed by atoms with Gasteiger partial charge in [-0.05, 0) is 33.1 Å². The van der Waals surface area contributed by atoms with Crippen molar-refractivity contribution in [3.63, 3.8) is 0 Å². The Morgan fingerprint density at radius 1 is 0.710 bits per heavy atom. The van der Waals surface area contributed by atoms with Gasteiger partial charge in [0.1, 0.15) is 0 Å². The van der Waals surface area contributed by atoms with Crippen LogP contribution < -0.4 is 10.6 Å². The SMILES string of the molecule is CCCCCCCC(=O)NC(C)CN(CCCO)CC(C)NC(=O)CCCCCCC. The average Bonchev–Trinajstić information content (AvgIpc) is 2.71. The Labute approximate surface area is 191 Å². The molecule has 31 heavy (non-hydrogen) atoms. The van der Waals surface area contributed by atoms with Crippen LogP contribution in [0.2, 0.25) is 0 Å². The summed E-state index contributed by atoms with van der Waals surface area (Å²) in [6.07, 6.45) is 13.3. The first-order valence-corrected chi connectivity index (χ1v) is 12.8. The highest BCUT2D eigenvalue weighted by Gasteiger charge is 2.16. The second kappa shape index (κ2) is 20.7. The number of rotatable bonds is 21. The smallest absolute Gasteiger partial charge is 0.220 e. The molecular formula is C25H51N3O3. The van der Waals surface area contributed by atoms with Crippen molar-refractivity contribution in [2.45, 2.75) is 123 Å². The fourth-order valence-corrected chi connectivity index (χ4v) is 3.89. The number of amides is 2. The second-order valence-electron chi connectivity index (χ2n) is 9.10. The molecule has 0 aliphatic heterocycles. The van der Waals surface area contributed by atoms with Gasteiger partial charge in [-0.3, -0.25) is 14.5 Å². The van der Waals surface area contributed by atoms with Crippen molar-refractivity contribution in [2.24, 2.45) is 0 Å². The maximum absolute atomic E-state index is 12.2. The number of nitrogens with zero attached hydrogens (tertiary/aromatic N) is 1. The van der Waals surface area contributed by atoms with Crippen LogP contribution in [0.25, 0.3) is 0 Å². The molecule has 0 fully saturated rings. The molecular weight excluding hydrogens is 390 g/mol. The molecule has 0 saturated carbocycles. The molecule has 0 radical (unpaired) electrons. The maximum Gasteiger partial charge on any atom is 0.220 e. The molecule has 0 aromatic carbocycles. The van der Waals surface area contributed by atoms with Crippen molar-refractivity contribution >= 4 is 11.8 Å². The molecule has 184 valence electrons.